The van der Waals surface area contributed by atoms with Crippen molar-refractivity contribution >= 4 is 18.1 Å². The molecule has 0 fully saturated rings. The van der Waals surface area contributed by atoms with Crippen molar-refractivity contribution in [2.45, 2.75) is 18.9 Å². The first-order valence-corrected chi connectivity index (χ1v) is 4.37. The SMILES string of the molecule is O=C(O)CCC(=O)O.O=C(O)OCC(O)CO. The zero-order valence-electron chi connectivity index (χ0n) is 8.77. The van der Waals surface area contributed by atoms with Crippen LogP contribution in [0.5, 0.6) is 0 Å². The Balaban J connectivity index is 0. The van der Waals surface area contributed by atoms with E-state index >= 15 is 0 Å². The summed E-state index contributed by atoms with van der Waals surface area (Å²) in [4.78, 5) is 28.9. The van der Waals surface area contributed by atoms with E-state index in [1.807, 2.05) is 0 Å². The number of hydrogen-bond donors (Lipinski definition) is 5. The number of ether oxygens (including phenoxy) is 1. The molecular weight excluding hydrogens is 240 g/mol. The Labute approximate surface area is 95.9 Å². The molecule has 0 amide bonds. The van der Waals surface area contributed by atoms with Crippen LogP contribution in [-0.2, 0) is 14.3 Å². The van der Waals surface area contributed by atoms with Crippen LogP contribution in [0.3, 0.4) is 0 Å². The molecule has 0 aliphatic carbocycles. The van der Waals surface area contributed by atoms with Crippen LogP contribution in [0.1, 0.15) is 12.8 Å². The topological polar surface area (TPSA) is 162 Å². The van der Waals surface area contributed by atoms with E-state index in [0.29, 0.717) is 0 Å². The number of aliphatic carboxylic acids is 2. The molecule has 5 N–H and O–H groups in total. The molecule has 0 saturated heterocycles. The largest absolute Gasteiger partial charge is 0.505 e. The van der Waals surface area contributed by atoms with E-state index in [0.717, 1.165) is 0 Å². The molecule has 0 bridgehead atoms. The zero-order valence-corrected chi connectivity index (χ0v) is 8.77. The van der Waals surface area contributed by atoms with Crippen molar-refractivity contribution in [1.82, 2.24) is 0 Å². The lowest BCUT2D eigenvalue weighted by molar-refractivity contribution is -0.143. The molecule has 100 valence electrons. The summed E-state index contributed by atoms with van der Waals surface area (Å²) in [7, 11) is 0. The molecule has 0 heterocycles. The van der Waals surface area contributed by atoms with Gasteiger partial charge in [0.05, 0.1) is 19.4 Å². The molecule has 0 aromatic heterocycles. The van der Waals surface area contributed by atoms with Gasteiger partial charge in [-0.1, -0.05) is 0 Å². The van der Waals surface area contributed by atoms with Gasteiger partial charge < -0.3 is 30.3 Å². The van der Waals surface area contributed by atoms with E-state index in [2.05, 4.69) is 4.74 Å². The Morgan fingerprint density at radius 1 is 1.00 bits per heavy atom. The number of rotatable bonds is 6. The fourth-order valence-electron chi connectivity index (χ4n) is 0.434. The summed E-state index contributed by atoms with van der Waals surface area (Å²) in [5, 5.41) is 40.2. The maximum atomic E-state index is 9.64. The lowest BCUT2D eigenvalue weighted by Crippen LogP contribution is -2.21. The summed E-state index contributed by atoms with van der Waals surface area (Å²) in [5.74, 6) is -2.15. The van der Waals surface area contributed by atoms with Gasteiger partial charge in [0.1, 0.15) is 12.7 Å². The van der Waals surface area contributed by atoms with Crippen molar-refractivity contribution in [3.05, 3.63) is 0 Å². The Morgan fingerprint density at radius 3 is 1.65 bits per heavy atom. The molecule has 0 aliphatic heterocycles. The molecule has 0 saturated carbocycles. The van der Waals surface area contributed by atoms with Crippen molar-refractivity contribution in [2.75, 3.05) is 13.2 Å². The molecule has 0 rings (SSSR count). The van der Waals surface area contributed by atoms with Gasteiger partial charge in [-0.25, -0.2) is 4.79 Å². The highest BCUT2D eigenvalue weighted by molar-refractivity contribution is 5.75. The number of aliphatic hydroxyl groups excluding tert-OH is 2. The standard InChI is InChI=1S/C4H8O5.C4H6O4/c5-1-3(6)2-9-4(7)8;5-3(6)1-2-4(7)8/h3,5-6H,1-2H2,(H,7,8);1-2H2,(H,5,6)(H,7,8). The summed E-state index contributed by atoms with van der Waals surface area (Å²) in [5.41, 5.74) is 0. The number of carboxylic acids is 2. The number of carboxylic acid groups (broad SMARTS) is 3. The third kappa shape index (κ3) is 20.3. The van der Waals surface area contributed by atoms with Crippen molar-refractivity contribution < 1.29 is 44.7 Å². The summed E-state index contributed by atoms with van der Waals surface area (Å²) < 4.78 is 3.90. The lowest BCUT2D eigenvalue weighted by atomic mass is 10.3. The Kier molecular flexibility index (Phi) is 11.0. The van der Waals surface area contributed by atoms with Crippen LogP contribution < -0.4 is 0 Å². The molecule has 0 aromatic carbocycles. The highest BCUT2D eigenvalue weighted by Gasteiger charge is 2.04. The Morgan fingerprint density at radius 2 is 1.41 bits per heavy atom. The van der Waals surface area contributed by atoms with E-state index in [1.165, 1.54) is 0 Å². The van der Waals surface area contributed by atoms with E-state index < -0.39 is 30.8 Å². The first-order chi connectivity index (χ1) is 7.79. The van der Waals surface area contributed by atoms with Crippen LogP contribution in [0, 0.1) is 0 Å². The monoisotopic (exact) mass is 254 g/mol. The van der Waals surface area contributed by atoms with Gasteiger partial charge in [0.25, 0.3) is 0 Å². The fraction of sp³-hybridized carbons (Fsp3) is 0.625. The summed E-state index contributed by atoms with van der Waals surface area (Å²) >= 11 is 0. The summed E-state index contributed by atoms with van der Waals surface area (Å²) in [6, 6.07) is 0. The third-order valence-corrected chi connectivity index (χ3v) is 1.16. The minimum absolute atomic E-state index is 0.296. The number of carbonyl (C=O) groups is 3. The molecule has 1 atom stereocenters. The second-order valence-electron chi connectivity index (χ2n) is 2.70. The maximum absolute atomic E-state index is 9.64. The molecule has 9 nitrogen and oxygen atoms in total. The van der Waals surface area contributed by atoms with Gasteiger partial charge in [0, 0.05) is 0 Å². The maximum Gasteiger partial charge on any atom is 0.505 e. The van der Waals surface area contributed by atoms with Gasteiger partial charge >= 0.3 is 18.1 Å². The van der Waals surface area contributed by atoms with Gasteiger partial charge in [-0.3, -0.25) is 9.59 Å². The second kappa shape index (κ2) is 10.6. The minimum Gasteiger partial charge on any atom is -0.481 e. The Bertz CT molecular complexity index is 235. The molecular formula is C8H14O9. The lowest BCUT2D eigenvalue weighted by Gasteiger charge is -2.03. The van der Waals surface area contributed by atoms with Crippen molar-refractivity contribution in [3.8, 4) is 0 Å². The van der Waals surface area contributed by atoms with E-state index in [9.17, 15) is 14.4 Å². The van der Waals surface area contributed by atoms with E-state index in [4.69, 9.17) is 25.5 Å². The third-order valence-electron chi connectivity index (χ3n) is 1.16. The van der Waals surface area contributed by atoms with E-state index in [-0.39, 0.29) is 19.4 Å². The summed E-state index contributed by atoms with van der Waals surface area (Å²) in [6.07, 6.45) is -3.16. The normalized spacial score (nSPS) is 10.7. The minimum atomic E-state index is -1.46. The van der Waals surface area contributed by atoms with Crippen molar-refractivity contribution in [2.24, 2.45) is 0 Å². The fourth-order valence-corrected chi connectivity index (χ4v) is 0.434. The second-order valence-corrected chi connectivity index (χ2v) is 2.70. The smallest absolute Gasteiger partial charge is 0.481 e. The van der Waals surface area contributed by atoms with Crippen molar-refractivity contribution in [1.29, 1.82) is 0 Å². The average molecular weight is 254 g/mol. The first-order valence-electron chi connectivity index (χ1n) is 4.37. The highest BCUT2D eigenvalue weighted by atomic mass is 16.7. The van der Waals surface area contributed by atoms with Crippen LogP contribution >= 0.6 is 0 Å². The van der Waals surface area contributed by atoms with Gasteiger partial charge in [-0.05, 0) is 0 Å². The van der Waals surface area contributed by atoms with Crippen LogP contribution in [0.4, 0.5) is 4.79 Å². The van der Waals surface area contributed by atoms with Crippen LogP contribution in [0.2, 0.25) is 0 Å². The number of hydrogen-bond acceptors (Lipinski definition) is 6. The average Bonchev–Trinajstić information content (AvgIpc) is 2.23. The van der Waals surface area contributed by atoms with Gasteiger partial charge in [-0.15, -0.1) is 0 Å². The molecule has 1 unspecified atom stereocenters. The van der Waals surface area contributed by atoms with E-state index in [1.54, 1.807) is 0 Å². The zero-order chi connectivity index (χ0) is 13.8. The van der Waals surface area contributed by atoms with Gasteiger partial charge in [0.15, 0.2) is 0 Å². The molecule has 9 heteroatoms. The predicted molar refractivity (Wildman–Crippen MR) is 51.6 cm³/mol. The quantitative estimate of drug-likeness (QED) is 0.373. The summed E-state index contributed by atoms with van der Waals surface area (Å²) in [6.45, 7) is -0.876. The molecule has 0 spiro atoms. The Hall–Kier alpha value is -1.87. The van der Waals surface area contributed by atoms with Gasteiger partial charge in [-0.2, -0.15) is 0 Å². The van der Waals surface area contributed by atoms with Gasteiger partial charge in [0.2, 0.25) is 0 Å². The van der Waals surface area contributed by atoms with Crippen LogP contribution in [0.25, 0.3) is 0 Å². The van der Waals surface area contributed by atoms with Crippen LogP contribution in [0.15, 0.2) is 0 Å². The molecule has 17 heavy (non-hydrogen) atoms. The predicted octanol–water partition coefficient (Wildman–Crippen LogP) is -1.03. The van der Waals surface area contributed by atoms with Crippen molar-refractivity contribution in [3.63, 3.8) is 0 Å². The molecule has 0 radical (unpaired) electrons. The molecule has 0 aliphatic rings. The highest BCUT2D eigenvalue weighted by Crippen LogP contribution is 1.86. The molecule has 0 aromatic rings. The number of aliphatic hydroxyl groups is 2. The first kappa shape index (κ1) is 17.5. The van der Waals surface area contributed by atoms with Crippen LogP contribution in [-0.4, -0.2) is 62.9 Å².